The van der Waals surface area contributed by atoms with Crippen LogP contribution < -0.4 is 0 Å². The van der Waals surface area contributed by atoms with Gasteiger partial charge in [-0.25, -0.2) is 9.07 Å². The zero-order valence-corrected chi connectivity index (χ0v) is 13.4. The van der Waals surface area contributed by atoms with Crippen molar-refractivity contribution in [3.8, 4) is 22.7 Å². The standard InChI is InChI=1S/C16H15FN4O3/c1-8-12(7-18-23)16(15-9(2)20-24-10(15)3)21(19-8)14-5-4-11(22)6-13(14)17/h4-6,22H,7H2,1-3H3. The Morgan fingerprint density at radius 2 is 2.04 bits per heavy atom. The van der Waals surface area contributed by atoms with Gasteiger partial charge in [-0.05, 0) is 32.9 Å². The lowest BCUT2D eigenvalue weighted by Crippen LogP contribution is -2.03. The van der Waals surface area contributed by atoms with Crippen molar-refractivity contribution in [1.82, 2.24) is 14.9 Å². The quantitative estimate of drug-likeness (QED) is 0.738. The highest BCUT2D eigenvalue weighted by Gasteiger charge is 2.25. The molecule has 0 spiro atoms. The molecule has 24 heavy (non-hydrogen) atoms. The average Bonchev–Trinajstić information content (AvgIpc) is 3.00. The summed E-state index contributed by atoms with van der Waals surface area (Å²) in [5.74, 6) is -0.301. The van der Waals surface area contributed by atoms with Gasteiger partial charge in [-0.3, -0.25) is 0 Å². The van der Waals surface area contributed by atoms with Crippen LogP contribution in [0.25, 0.3) is 16.9 Å². The van der Waals surface area contributed by atoms with E-state index in [0.29, 0.717) is 34.0 Å². The summed E-state index contributed by atoms with van der Waals surface area (Å²) in [6.45, 7) is 5.10. The van der Waals surface area contributed by atoms with E-state index in [0.717, 1.165) is 6.07 Å². The summed E-state index contributed by atoms with van der Waals surface area (Å²) in [5.41, 5.74) is 3.02. The third-order valence-electron chi connectivity index (χ3n) is 3.84. The van der Waals surface area contributed by atoms with E-state index in [2.05, 4.69) is 15.4 Å². The number of rotatable bonds is 4. The van der Waals surface area contributed by atoms with Crippen molar-refractivity contribution in [2.24, 2.45) is 5.18 Å². The van der Waals surface area contributed by atoms with E-state index in [4.69, 9.17) is 4.52 Å². The van der Waals surface area contributed by atoms with Gasteiger partial charge in [0.1, 0.15) is 23.7 Å². The zero-order chi connectivity index (χ0) is 17.4. The number of hydrogen-bond donors (Lipinski definition) is 1. The second kappa shape index (κ2) is 5.88. The number of hydrogen-bond acceptors (Lipinski definition) is 6. The molecule has 7 nitrogen and oxygen atoms in total. The van der Waals surface area contributed by atoms with Crippen LogP contribution in [0.3, 0.4) is 0 Å². The highest BCUT2D eigenvalue weighted by atomic mass is 19.1. The summed E-state index contributed by atoms with van der Waals surface area (Å²) >= 11 is 0. The van der Waals surface area contributed by atoms with Crippen molar-refractivity contribution in [1.29, 1.82) is 0 Å². The summed E-state index contributed by atoms with van der Waals surface area (Å²) in [5, 5.41) is 20.6. The van der Waals surface area contributed by atoms with Gasteiger partial charge in [0.2, 0.25) is 0 Å². The molecule has 0 atom stereocenters. The smallest absolute Gasteiger partial charge is 0.152 e. The molecule has 0 saturated carbocycles. The summed E-state index contributed by atoms with van der Waals surface area (Å²) in [7, 11) is 0. The Bertz CT molecular complexity index is 910. The molecule has 0 amide bonds. The molecule has 0 bridgehead atoms. The van der Waals surface area contributed by atoms with Gasteiger partial charge >= 0.3 is 0 Å². The van der Waals surface area contributed by atoms with Gasteiger partial charge in [-0.2, -0.15) is 10.0 Å². The minimum Gasteiger partial charge on any atom is -0.508 e. The highest BCUT2D eigenvalue weighted by Crippen LogP contribution is 2.35. The van der Waals surface area contributed by atoms with E-state index in [-0.39, 0.29) is 18.0 Å². The van der Waals surface area contributed by atoms with Crippen LogP contribution >= 0.6 is 0 Å². The molecule has 2 heterocycles. The molecular formula is C16H15FN4O3. The number of aromatic nitrogens is 3. The summed E-state index contributed by atoms with van der Waals surface area (Å²) in [6.07, 6.45) is 0. The highest BCUT2D eigenvalue weighted by molar-refractivity contribution is 5.70. The number of halogens is 1. The SMILES string of the molecule is Cc1nn(-c2ccc(O)cc2F)c(-c2c(C)noc2C)c1CN=O. The first kappa shape index (κ1) is 15.9. The number of phenols is 1. The Labute approximate surface area is 136 Å². The maximum absolute atomic E-state index is 14.3. The molecule has 0 radical (unpaired) electrons. The third-order valence-corrected chi connectivity index (χ3v) is 3.84. The lowest BCUT2D eigenvalue weighted by atomic mass is 10.0. The molecule has 0 aliphatic heterocycles. The summed E-state index contributed by atoms with van der Waals surface area (Å²) in [4.78, 5) is 10.8. The van der Waals surface area contributed by atoms with Crippen LogP contribution in [-0.2, 0) is 6.54 Å². The number of aromatic hydroxyl groups is 1. The van der Waals surface area contributed by atoms with Crippen LogP contribution in [0.5, 0.6) is 5.75 Å². The predicted octanol–water partition coefficient (Wildman–Crippen LogP) is 3.56. The Balaban J connectivity index is 2.35. The lowest BCUT2D eigenvalue weighted by molar-refractivity contribution is 0.393. The van der Waals surface area contributed by atoms with E-state index >= 15 is 0 Å². The topological polar surface area (TPSA) is 93.5 Å². The van der Waals surface area contributed by atoms with Gasteiger partial charge < -0.3 is 9.63 Å². The maximum Gasteiger partial charge on any atom is 0.152 e. The molecule has 0 aliphatic rings. The van der Waals surface area contributed by atoms with E-state index in [1.165, 1.54) is 16.8 Å². The first-order valence-corrected chi connectivity index (χ1v) is 7.23. The van der Waals surface area contributed by atoms with Crippen LogP contribution in [0.4, 0.5) is 4.39 Å². The van der Waals surface area contributed by atoms with Crippen molar-refractivity contribution in [3.05, 3.63) is 51.6 Å². The Hall–Kier alpha value is -3.03. The average molecular weight is 330 g/mol. The van der Waals surface area contributed by atoms with E-state index in [1.807, 2.05) is 0 Å². The number of benzene rings is 1. The monoisotopic (exact) mass is 330 g/mol. The molecule has 0 saturated heterocycles. The minimum atomic E-state index is -0.642. The van der Waals surface area contributed by atoms with Gasteiger partial charge in [0.25, 0.3) is 0 Å². The second-order valence-corrected chi connectivity index (χ2v) is 5.45. The van der Waals surface area contributed by atoms with Gasteiger partial charge in [0.05, 0.1) is 22.6 Å². The zero-order valence-electron chi connectivity index (χ0n) is 13.4. The number of nitrogens with zero attached hydrogens (tertiary/aromatic N) is 4. The van der Waals surface area contributed by atoms with Crippen molar-refractivity contribution >= 4 is 0 Å². The van der Waals surface area contributed by atoms with Crippen molar-refractivity contribution in [2.75, 3.05) is 0 Å². The molecule has 0 fully saturated rings. The van der Waals surface area contributed by atoms with E-state index < -0.39 is 5.82 Å². The van der Waals surface area contributed by atoms with Crippen LogP contribution in [0.1, 0.15) is 22.7 Å². The summed E-state index contributed by atoms with van der Waals surface area (Å²) < 4.78 is 20.9. The summed E-state index contributed by atoms with van der Waals surface area (Å²) in [6, 6.07) is 3.78. The third kappa shape index (κ3) is 2.45. The molecule has 8 heteroatoms. The van der Waals surface area contributed by atoms with Gasteiger partial charge in [0, 0.05) is 11.6 Å². The van der Waals surface area contributed by atoms with Crippen molar-refractivity contribution in [3.63, 3.8) is 0 Å². The first-order chi connectivity index (χ1) is 11.4. The van der Waals surface area contributed by atoms with Crippen molar-refractivity contribution in [2.45, 2.75) is 27.3 Å². The Kier molecular flexibility index (Phi) is 3.88. The Morgan fingerprint density at radius 3 is 2.62 bits per heavy atom. The molecule has 2 aromatic heterocycles. The molecule has 0 unspecified atom stereocenters. The van der Waals surface area contributed by atoms with Crippen molar-refractivity contribution < 1.29 is 14.0 Å². The molecule has 124 valence electrons. The van der Waals surface area contributed by atoms with E-state index in [1.54, 1.807) is 20.8 Å². The molecule has 3 aromatic rings. The van der Waals surface area contributed by atoms with Crippen LogP contribution in [0.15, 0.2) is 27.9 Å². The molecule has 1 aromatic carbocycles. The number of phenolic OH excluding ortho intramolecular Hbond substituents is 1. The fourth-order valence-corrected chi connectivity index (χ4v) is 2.73. The Morgan fingerprint density at radius 1 is 1.29 bits per heavy atom. The number of aryl methyl sites for hydroxylation is 3. The normalized spacial score (nSPS) is 11.0. The van der Waals surface area contributed by atoms with Crippen LogP contribution in [-0.4, -0.2) is 20.0 Å². The first-order valence-electron chi connectivity index (χ1n) is 7.23. The van der Waals surface area contributed by atoms with Crippen LogP contribution in [0.2, 0.25) is 0 Å². The van der Waals surface area contributed by atoms with Gasteiger partial charge in [0.15, 0.2) is 5.82 Å². The van der Waals surface area contributed by atoms with E-state index in [9.17, 15) is 14.4 Å². The van der Waals surface area contributed by atoms with Gasteiger partial charge in [-0.15, -0.1) is 0 Å². The lowest BCUT2D eigenvalue weighted by Gasteiger charge is -2.10. The predicted molar refractivity (Wildman–Crippen MR) is 84.4 cm³/mol. The fourth-order valence-electron chi connectivity index (χ4n) is 2.73. The second-order valence-electron chi connectivity index (χ2n) is 5.45. The number of nitroso groups, excluding NO2 is 1. The fraction of sp³-hybridized carbons (Fsp3) is 0.250. The largest absolute Gasteiger partial charge is 0.508 e. The maximum atomic E-state index is 14.3. The molecule has 3 rings (SSSR count). The minimum absolute atomic E-state index is 0.106. The molecular weight excluding hydrogens is 315 g/mol. The molecule has 0 aliphatic carbocycles. The van der Waals surface area contributed by atoms with Gasteiger partial charge in [-0.1, -0.05) is 10.3 Å². The molecule has 1 N–H and O–H groups in total. The van der Waals surface area contributed by atoms with Crippen LogP contribution in [0, 0.1) is 31.5 Å².